The standard InChI is InChI=1S/Li.2H3O4P/c;2*1-5(2,3)4/h;2*(H3,1,2,3,4)/q+1;;/p-1. The minimum Gasteiger partial charge on any atom is -0.756 e. The van der Waals surface area contributed by atoms with Crippen LogP contribution in [0.15, 0.2) is 0 Å². The van der Waals surface area contributed by atoms with Crippen molar-refractivity contribution in [2.75, 3.05) is 0 Å². The molecule has 0 heterocycles. The fourth-order valence-corrected chi connectivity index (χ4v) is 0. The van der Waals surface area contributed by atoms with Crippen LogP contribution in [0.4, 0.5) is 0 Å². The first-order valence-corrected chi connectivity index (χ1v) is 4.64. The maximum atomic E-state index is 8.88. The maximum Gasteiger partial charge on any atom is 1.00 e. The monoisotopic (exact) mass is 202 g/mol. The van der Waals surface area contributed by atoms with Gasteiger partial charge in [0.2, 0.25) is 0 Å². The van der Waals surface area contributed by atoms with Gasteiger partial charge in [0.05, 0.1) is 0 Å². The molecule has 0 saturated heterocycles. The molecule has 0 fully saturated rings. The molecule has 0 aliphatic rings. The van der Waals surface area contributed by atoms with Crippen LogP contribution in [0, 0.1) is 0 Å². The van der Waals surface area contributed by atoms with Crippen LogP contribution >= 0.6 is 15.6 Å². The van der Waals surface area contributed by atoms with Gasteiger partial charge in [-0.15, -0.1) is 0 Å². The fraction of sp³-hybridized carbons (Fsp3) is 0. The first-order valence-electron chi connectivity index (χ1n) is 1.55. The summed E-state index contributed by atoms with van der Waals surface area (Å²) in [6, 6.07) is 0. The third-order valence-electron chi connectivity index (χ3n) is 0. The number of phosphoric acid groups is 2. The Bertz CT molecular complexity index is 124. The maximum absolute atomic E-state index is 8.88. The SMILES string of the molecule is O=P(O)(O)O.O=P([O-])(O)O.[Li+]. The summed E-state index contributed by atoms with van der Waals surface area (Å²) >= 11 is 0. The van der Waals surface area contributed by atoms with Gasteiger partial charge in [0.1, 0.15) is 0 Å². The van der Waals surface area contributed by atoms with Crippen LogP contribution in [0.3, 0.4) is 0 Å². The van der Waals surface area contributed by atoms with Crippen LogP contribution in [0.1, 0.15) is 0 Å². The molecule has 0 spiro atoms. The summed E-state index contributed by atoms with van der Waals surface area (Å²) in [5.74, 6) is 0. The molecule has 0 unspecified atom stereocenters. The summed E-state index contributed by atoms with van der Waals surface area (Å²) in [7, 11) is -9.53. The Balaban J connectivity index is -0.000000107. The van der Waals surface area contributed by atoms with Crippen molar-refractivity contribution in [3.63, 3.8) is 0 Å². The van der Waals surface area contributed by atoms with Crippen molar-refractivity contribution in [3.05, 3.63) is 0 Å². The molecule has 11 heavy (non-hydrogen) atoms. The smallest absolute Gasteiger partial charge is 0.756 e. The molecule has 0 aromatic rings. The number of hydrogen-bond donors (Lipinski definition) is 5. The Hall–Kier alpha value is 0.817. The van der Waals surface area contributed by atoms with Gasteiger partial charge in [-0.25, -0.2) is 4.57 Å². The predicted molar refractivity (Wildman–Crippen MR) is 26.3 cm³/mol. The summed E-state index contributed by atoms with van der Waals surface area (Å²) in [5.41, 5.74) is 0. The van der Waals surface area contributed by atoms with Gasteiger partial charge in [0.25, 0.3) is 7.82 Å². The molecule has 0 aromatic carbocycles. The Morgan fingerprint density at radius 2 is 0.909 bits per heavy atom. The van der Waals surface area contributed by atoms with Gasteiger partial charge < -0.3 is 29.4 Å². The molecule has 8 nitrogen and oxygen atoms in total. The third kappa shape index (κ3) is 1260. The van der Waals surface area contributed by atoms with E-state index in [1.165, 1.54) is 0 Å². The molecule has 0 aromatic heterocycles. The Morgan fingerprint density at radius 3 is 0.909 bits per heavy atom. The number of hydrogen-bond acceptors (Lipinski definition) is 3. The number of rotatable bonds is 0. The van der Waals surface area contributed by atoms with E-state index in [-0.39, 0.29) is 18.9 Å². The topological polar surface area (TPSA) is 158 Å². The molecule has 5 N–H and O–H groups in total. The van der Waals surface area contributed by atoms with E-state index in [0.29, 0.717) is 0 Å². The van der Waals surface area contributed by atoms with E-state index in [9.17, 15) is 0 Å². The van der Waals surface area contributed by atoms with Gasteiger partial charge in [-0.2, -0.15) is 0 Å². The molecule has 0 bridgehead atoms. The summed E-state index contributed by atoms with van der Waals surface area (Å²) in [5, 5.41) is 0. The molecule has 64 valence electrons. The van der Waals surface area contributed by atoms with Gasteiger partial charge in [-0.05, 0) is 0 Å². The van der Waals surface area contributed by atoms with E-state index in [0.717, 1.165) is 0 Å². The van der Waals surface area contributed by atoms with E-state index in [2.05, 4.69) is 0 Å². The summed E-state index contributed by atoms with van der Waals surface area (Å²) in [6.07, 6.45) is 0. The van der Waals surface area contributed by atoms with Crippen molar-refractivity contribution in [1.29, 1.82) is 0 Å². The van der Waals surface area contributed by atoms with Gasteiger partial charge in [-0.1, -0.05) is 0 Å². The average Bonchev–Trinajstić information content (AvgIpc) is 1.12. The average molecular weight is 202 g/mol. The van der Waals surface area contributed by atoms with Gasteiger partial charge >= 0.3 is 26.7 Å². The summed E-state index contributed by atoms with van der Waals surface area (Å²) in [4.78, 5) is 44.5. The Morgan fingerprint density at radius 1 is 0.909 bits per heavy atom. The van der Waals surface area contributed by atoms with Gasteiger partial charge in [0.15, 0.2) is 0 Å². The molecular weight excluding hydrogens is 197 g/mol. The molecular formula is H5LiO8P2. The van der Waals surface area contributed by atoms with E-state index < -0.39 is 15.6 Å². The molecule has 0 amide bonds. The molecule has 0 radical (unpaired) electrons. The zero-order chi connectivity index (χ0) is 9.00. The Kier molecular flexibility index (Phi) is 10.3. The molecule has 0 atom stereocenters. The minimum absolute atomic E-state index is 0. The fourth-order valence-electron chi connectivity index (χ4n) is 0. The molecule has 11 heteroatoms. The van der Waals surface area contributed by atoms with Crippen LogP contribution in [0.2, 0.25) is 0 Å². The quantitative estimate of drug-likeness (QED) is 0.192. The van der Waals surface area contributed by atoms with Crippen molar-refractivity contribution in [2.45, 2.75) is 0 Å². The third-order valence-corrected chi connectivity index (χ3v) is 0. The normalized spacial score (nSPS) is 10.7. The van der Waals surface area contributed by atoms with E-state index in [1.807, 2.05) is 0 Å². The van der Waals surface area contributed by atoms with Crippen molar-refractivity contribution in [1.82, 2.24) is 0 Å². The van der Waals surface area contributed by atoms with Gasteiger partial charge in [-0.3, -0.25) is 4.57 Å². The molecule has 0 aliphatic carbocycles. The first-order chi connectivity index (χ1) is 4.00. The van der Waals surface area contributed by atoms with Crippen molar-refractivity contribution < 1.29 is 57.4 Å². The molecule has 0 saturated carbocycles. The van der Waals surface area contributed by atoms with Crippen LogP contribution in [0.5, 0.6) is 0 Å². The summed E-state index contributed by atoms with van der Waals surface area (Å²) in [6.45, 7) is 0. The zero-order valence-corrected chi connectivity index (χ0v) is 7.14. The van der Waals surface area contributed by atoms with Crippen molar-refractivity contribution in [3.8, 4) is 0 Å². The van der Waals surface area contributed by atoms with Crippen molar-refractivity contribution >= 4 is 15.6 Å². The van der Waals surface area contributed by atoms with Gasteiger partial charge in [0, 0.05) is 0 Å². The Labute approximate surface area is 73.5 Å². The van der Waals surface area contributed by atoms with Crippen LogP contribution in [-0.4, -0.2) is 24.5 Å². The van der Waals surface area contributed by atoms with Crippen LogP contribution in [-0.2, 0) is 9.13 Å². The van der Waals surface area contributed by atoms with Crippen molar-refractivity contribution in [2.24, 2.45) is 0 Å². The second-order valence-electron chi connectivity index (χ2n) is 1.00. The summed E-state index contributed by atoms with van der Waals surface area (Å²) < 4.78 is 17.7. The van der Waals surface area contributed by atoms with E-state index in [1.54, 1.807) is 0 Å². The first kappa shape index (κ1) is 17.8. The van der Waals surface area contributed by atoms with Crippen LogP contribution < -0.4 is 23.8 Å². The predicted octanol–water partition coefficient (Wildman–Crippen LogP) is -5.49. The second kappa shape index (κ2) is 6.35. The minimum atomic E-state index is -4.89. The molecule has 0 rings (SSSR count). The molecule has 0 aliphatic heterocycles. The largest absolute Gasteiger partial charge is 1.00 e. The van der Waals surface area contributed by atoms with Crippen LogP contribution in [0.25, 0.3) is 0 Å². The van der Waals surface area contributed by atoms with E-state index >= 15 is 0 Å². The second-order valence-corrected chi connectivity index (χ2v) is 3.01. The van der Waals surface area contributed by atoms with E-state index in [4.69, 9.17) is 38.5 Å². The zero-order valence-electron chi connectivity index (χ0n) is 5.36.